The zero-order valence-corrected chi connectivity index (χ0v) is 12.0. The largest absolute Gasteiger partial charge is 0.336 e. The Balaban J connectivity index is 2.24. The number of carbonyl (C=O) groups excluding carboxylic acids is 1. The summed E-state index contributed by atoms with van der Waals surface area (Å²) in [5, 5.41) is 0. The van der Waals surface area contributed by atoms with Gasteiger partial charge in [-0.25, -0.2) is 4.39 Å². The monoisotopic (exact) mass is 313 g/mol. The number of nitrogens with zero attached hydrogens (tertiary/aromatic N) is 1. The van der Waals surface area contributed by atoms with E-state index in [1.807, 2.05) is 4.90 Å². The summed E-state index contributed by atoms with van der Waals surface area (Å²) >= 11 is 3.27. The van der Waals surface area contributed by atoms with Crippen molar-refractivity contribution in [2.75, 3.05) is 6.54 Å². The van der Waals surface area contributed by atoms with Crippen LogP contribution in [-0.4, -0.2) is 23.4 Å². The molecule has 0 saturated carbocycles. The molecule has 1 heterocycles. The predicted octanol–water partition coefficient (Wildman–Crippen LogP) is 3.99. The molecule has 0 radical (unpaired) electrons. The maximum absolute atomic E-state index is 13.0. The number of halogens is 2. The SMILES string of the molecule is CCC1CCCCN1C(=O)c1ccc(F)cc1Br. The van der Waals surface area contributed by atoms with E-state index in [0.717, 1.165) is 25.8 Å². The molecular formula is C14H17BrFNO. The summed E-state index contributed by atoms with van der Waals surface area (Å²) < 4.78 is 13.6. The Morgan fingerprint density at radius 1 is 1.50 bits per heavy atom. The van der Waals surface area contributed by atoms with E-state index in [1.54, 1.807) is 6.07 Å². The number of carbonyl (C=O) groups is 1. The molecule has 1 aromatic carbocycles. The predicted molar refractivity (Wildman–Crippen MR) is 73.1 cm³/mol. The van der Waals surface area contributed by atoms with Gasteiger partial charge in [0.25, 0.3) is 5.91 Å². The van der Waals surface area contributed by atoms with Gasteiger partial charge in [0.2, 0.25) is 0 Å². The van der Waals surface area contributed by atoms with Crippen LogP contribution in [0.15, 0.2) is 22.7 Å². The minimum absolute atomic E-state index is 0.00780. The van der Waals surface area contributed by atoms with Gasteiger partial charge in [0.1, 0.15) is 5.82 Å². The van der Waals surface area contributed by atoms with Crippen molar-refractivity contribution in [3.63, 3.8) is 0 Å². The summed E-state index contributed by atoms with van der Waals surface area (Å²) in [7, 11) is 0. The molecule has 0 aromatic heterocycles. The molecule has 1 aromatic rings. The van der Waals surface area contributed by atoms with E-state index < -0.39 is 0 Å². The summed E-state index contributed by atoms with van der Waals surface area (Å²) in [6.45, 7) is 2.91. The van der Waals surface area contributed by atoms with Crippen LogP contribution in [0.4, 0.5) is 4.39 Å². The molecule has 1 amide bonds. The highest BCUT2D eigenvalue weighted by Crippen LogP contribution is 2.25. The van der Waals surface area contributed by atoms with Crippen LogP contribution >= 0.6 is 15.9 Å². The van der Waals surface area contributed by atoms with Crippen LogP contribution < -0.4 is 0 Å². The van der Waals surface area contributed by atoms with Gasteiger partial charge in [-0.15, -0.1) is 0 Å². The Morgan fingerprint density at radius 2 is 2.28 bits per heavy atom. The van der Waals surface area contributed by atoms with Gasteiger partial charge < -0.3 is 4.90 Å². The Bertz CT molecular complexity index is 449. The molecule has 0 bridgehead atoms. The van der Waals surface area contributed by atoms with Gasteiger partial charge in [-0.05, 0) is 59.8 Å². The third-order valence-corrected chi connectivity index (χ3v) is 4.18. The minimum atomic E-state index is -0.330. The maximum Gasteiger partial charge on any atom is 0.255 e. The third-order valence-electron chi connectivity index (χ3n) is 3.52. The Labute approximate surface area is 115 Å². The first-order valence-electron chi connectivity index (χ1n) is 6.39. The van der Waals surface area contributed by atoms with Gasteiger partial charge in [-0.1, -0.05) is 6.92 Å². The van der Waals surface area contributed by atoms with Crippen molar-refractivity contribution in [3.8, 4) is 0 Å². The number of likely N-dealkylation sites (tertiary alicyclic amines) is 1. The highest BCUT2D eigenvalue weighted by atomic mass is 79.9. The third kappa shape index (κ3) is 2.74. The Morgan fingerprint density at radius 3 is 2.94 bits per heavy atom. The first-order chi connectivity index (χ1) is 8.63. The molecule has 0 N–H and O–H groups in total. The van der Waals surface area contributed by atoms with Crippen LogP contribution in [-0.2, 0) is 0 Å². The van der Waals surface area contributed by atoms with Crippen molar-refractivity contribution in [2.24, 2.45) is 0 Å². The fourth-order valence-electron chi connectivity index (χ4n) is 2.51. The molecule has 98 valence electrons. The van der Waals surface area contributed by atoms with Gasteiger partial charge in [-0.3, -0.25) is 4.79 Å². The summed E-state index contributed by atoms with van der Waals surface area (Å²) in [5.41, 5.74) is 0.553. The fourth-order valence-corrected chi connectivity index (χ4v) is 3.03. The lowest BCUT2D eigenvalue weighted by Gasteiger charge is -2.35. The lowest BCUT2D eigenvalue weighted by Crippen LogP contribution is -2.43. The lowest BCUT2D eigenvalue weighted by atomic mass is 9.99. The summed E-state index contributed by atoms with van der Waals surface area (Å²) in [5.74, 6) is -0.322. The molecular weight excluding hydrogens is 297 g/mol. The fraction of sp³-hybridized carbons (Fsp3) is 0.500. The smallest absolute Gasteiger partial charge is 0.255 e. The topological polar surface area (TPSA) is 20.3 Å². The second-order valence-electron chi connectivity index (χ2n) is 4.68. The summed E-state index contributed by atoms with van der Waals surface area (Å²) in [6.07, 6.45) is 4.29. The second-order valence-corrected chi connectivity index (χ2v) is 5.53. The zero-order chi connectivity index (χ0) is 13.1. The van der Waals surface area contributed by atoms with E-state index in [2.05, 4.69) is 22.9 Å². The summed E-state index contributed by atoms with van der Waals surface area (Å²) in [6, 6.07) is 4.56. The van der Waals surface area contributed by atoms with E-state index in [1.165, 1.54) is 18.6 Å². The van der Waals surface area contributed by atoms with E-state index in [0.29, 0.717) is 16.1 Å². The molecule has 2 nitrogen and oxygen atoms in total. The number of piperidine rings is 1. The average molecular weight is 314 g/mol. The highest BCUT2D eigenvalue weighted by Gasteiger charge is 2.27. The number of hydrogen-bond donors (Lipinski definition) is 0. The molecule has 4 heteroatoms. The van der Waals surface area contributed by atoms with Crippen LogP contribution in [0.3, 0.4) is 0 Å². The van der Waals surface area contributed by atoms with E-state index in [9.17, 15) is 9.18 Å². The number of amides is 1. The first kappa shape index (κ1) is 13.5. The molecule has 1 atom stereocenters. The van der Waals surface area contributed by atoms with Crippen LogP contribution in [0.25, 0.3) is 0 Å². The van der Waals surface area contributed by atoms with E-state index >= 15 is 0 Å². The van der Waals surface area contributed by atoms with E-state index in [-0.39, 0.29) is 11.7 Å². The highest BCUT2D eigenvalue weighted by molar-refractivity contribution is 9.10. The van der Waals surface area contributed by atoms with Crippen molar-refractivity contribution >= 4 is 21.8 Å². The van der Waals surface area contributed by atoms with Gasteiger partial charge in [-0.2, -0.15) is 0 Å². The Hall–Kier alpha value is -0.900. The number of rotatable bonds is 2. The van der Waals surface area contributed by atoms with Crippen molar-refractivity contribution < 1.29 is 9.18 Å². The molecule has 1 fully saturated rings. The molecule has 1 aliphatic heterocycles. The van der Waals surface area contributed by atoms with Crippen molar-refractivity contribution in [2.45, 2.75) is 38.6 Å². The molecule has 0 aliphatic carbocycles. The second kappa shape index (κ2) is 5.83. The number of benzene rings is 1. The standard InChI is InChI=1S/C14H17BrFNO/c1-2-11-5-3-4-8-17(11)14(18)12-7-6-10(16)9-13(12)15/h6-7,9,11H,2-5,8H2,1H3. The van der Waals surface area contributed by atoms with Crippen LogP contribution in [0, 0.1) is 5.82 Å². The quantitative estimate of drug-likeness (QED) is 0.808. The van der Waals surface area contributed by atoms with Crippen molar-refractivity contribution in [1.82, 2.24) is 4.90 Å². The molecule has 1 unspecified atom stereocenters. The molecule has 1 aliphatic rings. The molecule has 0 spiro atoms. The average Bonchev–Trinajstić information content (AvgIpc) is 2.38. The zero-order valence-electron chi connectivity index (χ0n) is 10.5. The molecule has 2 rings (SSSR count). The van der Waals surface area contributed by atoms with Crippen LogP contribution in [0.5, 0.6) is 0 Å². The van der Waals surface area contributed by atoms with E-state index in [4.69, 9.17) is 0 Å². The number of hydrogen-bond acceptors (Lipinski definition) is 1. The van der Waals surface area contributed by atoms with Crippen LogP contribution in [0.2, 0.25) is 0 Å². The van der Waals surface area contributed by atoms with Gasteiger partial charge in [0.05, 0.1) is 5.56 Å². The maximum atomic E-state index is 13.0. The molecule has 18 heavy (non-hydrogen) atoms. The first-order valence-corrected chi connectivity index (χ1v) is 7.18. The lowest BCUT2D eigenvalue weighted by molar-refractivity contribution is 0.0607. The minimum Gasteiger partial charge on any atom is -0.336 e. The van der Waals surface area contributed by atoms with Crippen LogP contribution in [0.1, 0.15) is 43.0 Å². The van der Waals surface area contributed by atoms with Crippen molar-refractivity contribution in [1.29, 1.82) is 0 Å². The molecule has 1 saturated heterocycles. The normalized spacial score (nSPS) is 19.9. The summed E-state index contributed by atoms with van der Waals surface area (Å²) in [4.78, 5) is 14.4. The van der Waals surface area contributed by atoms with Gasteiger partial charge >= 0.3 is 0 Å². The Kier molecular flexibility index (Phi) is 4.38. The van der Waals surface area contributed by atoms with Gasteiger partial charge in [0, 0.05) is 17.1 Å². The van der Waals surface area contributed by atoms with Gasteiger partial charge in [0.15, 0.2) is 0 Å². The van der Waals surface area contributed by atoms with Crippen molar-refractivity contribution in [3.05, 3.63) is 34.1 Å².